The number of rotatable bonds is 9. The smallest absolute Gasteiger partial charge is 0.161 e. The molecule has 10 atom stereocenters. The summed E-state index contributed by atoms with van der Waals surface area (Å²) < 4.78 is 12.3. The molecular formula is C34H56O4. The van der Waals surface area contributed by atoms with Gasteiger partial charge in [0.05, 0.1) is 6.10 Å². The van der Waals surface area contributed by atoms with E-state index in [-0.39, 0.29) is 6.10 Å². The minimum absolute atomic E-state index is 0.260. The third-order valence-corrected chi connectivity index (χ3v) is 12.6. The molecule has 0 bridgehead atoms. The van der Waals surface area contributed by atoms with E-state index in [9.17, 15) is 0 Å². The summed E-state index contributed by atoms with van der Waals surface area (Å²) in [5.41, 5.74) is 1.05. The largest absolute Gasteiger partial charge is 0.487 e. The van der Waals surface area contributed by atoms with Gasteiger partial charge in [0.2, 0.25) is 0 Å². The Labute approximate surface area is 232 Å². The van der Waals surface area contributed by atoms with Crippen LogP contribution in [0.3, 0.4) is 0 Å². The van der Waals surface area contributed by atoms with Gasteiger partial charge in [-0.2, -0.15) is 0 Å². The molecule has 0 aliphatic heterocycles. The van der Waals surface area contributed by atoms with E-state index in [2.05, 4.69) is 39.5 Å². The first-order valence-electron chi connectivity index (χ1n) is 16.1. The maximum absolute atomic E-state index is 9.03. The summed E-state index contributed by atoms with van der Waals surface area (Å²) in [7, 11) is 0. The number of hydrogen-bond acceptors (Lipinski definition) is 4. The van der Waals surface area contributed by atoms with E-state index in [4.69, 9.17) is 14.4 Å². The first-order valence-corrected chi connectivity index (χ1v) is 16.1. The molecule has 1 unspecified atom stereocenters. The van der Waals surface area contributed by atoms with E-state index >= 15 is 0 Å². The van der Waals surface area contributed by atoms with E-state index in [0.717, 1.165) is 59.4 Å². The maximum atomic E-state index is 9.03. The highest BCUT2D eigenvalue weighted by Crippen LogP contribution is 2.68. The molecule has 216 valence electrons. The SMILES string of the molecule is Cc1oc(C(C)OO)cc1O[C@H]1CC[C@@]2(C)[C@@H](CC[C@@H]3[C@@H]2CC[C@]2(C)[C@@H]([C@H](C)CCCC(C)C)CC[C@@H]32)C1. The molecule has 0 aromatic carbocycles. The van der Waals surface area contributed by atoms with Crippen LogP contribution < -0.4 is 4.74 Å². The molecule has 1 heterocycles. The fourth-order valence-corrected chi connectivity index (χ4v) is 10.4. The lowest BCUT2D eigenvalue weighted by molar-refractivity contribution is -0.280. The Balaban J connectivity index is 1.22. The van der Waals surface area contributed by atoms with Gasteiger partial charge in [0.25, 0.3) is 0 Å². The Hall–Kier alpha value is -1.00. The van der Waals surface area contributed by atoms with Gasteiger partial charge in [-0.25, -0.2) is 4.89 Å². The fourth-order valence-electron chi connectivity index (χ4n) is 10.4. The van der Waals surface area contributed by atoms with Gasteiger partial charge in [-0.3, -0.25) is 5.26 Å². The molecule has 0 radical (unpaired) electrons. The molecule has 4 aliphatic carbocycles. The van der Waals surface area contributed by atoms with Crippen molar-refractivity contribution in [3.8, 4) is 5.75 Å². The van der Waals surface area contributed by atoms with Crippen LogP contribution in [0.1, 0.15) is 136 Å². The van der Waals surface area contributed by atoms with E-state index in [1.165, 1.54) is 70.6 Å². The summed E-state index contributed by atoms with van der Waals surface area (Å²) in [6, 6.07) is 1.91. The minimum Gasteiger partial charge on any atom is -0.487 e. The lowest BCUT2D eigenvalue weighted by atomic mass is 9.44. The van der Waals surface area contributed by atoms with Crippen molar-refractivity contribution >= 4 is 0 Å². The average Bonchev–Trinajstić information content (AvgIpc) is 3.42. The first-order chi connectivity index (χ1) is 18.1. The van der Waals surface area contributed by atoms with Gasteiger partial charge in [-0.15, -0.1) is 0 Å². The van der Waals surface area contributed by atoms with Crippen LogP contribution in [0.25, 0.3) is 0 Å². The van der Waals surface area contributed by atoms with Crippen molar-refractivity contribution in [2.24, 2.45) is 52.3 Å². The number of fused-ring (bicyclic) bond motifs is 5. The molecular weight excluding hydrogens is 472 g/mol. The van der Waals surface area contributed by atoms with Gasteiger partial charge < -0.3 is 9.15 Å². The first kappa shape index (κ1) is 28.5. The zero-order chi connectivity index (χ0) is 27.2. The van der Waals surface area contributed by atoms with Crippen LogP contribution in [-0.2, 0) is 4.89 Å². The Morgan fingerprint density at radius 2 is 1.68 bits per heavy atom. The molecule has 1 N–H and O–H groups in total. The predicted octanol–water partition coefficient (Wildman–Crippen LogP) is 10.0. The summed E-state index contributed by atoms with van der Waals surface area (Å²) in [5.74, 6) is 8.46. The molecule has 0 spiro atoms. The van der Waals surface area contributed by atoms with Gasteiger partial charge in [-0.1, -0.05) is 53.9 Å². The molecule has 4 saturated carbocycles. The molecule has 4 fully saturated rings. The van der Waals surface area contributed by atoms with Gasteiger partial charge in [-0.05, 0) is 124 Å². The Bertz CT molecular complexity index is 937. The second-order valence-electron chi connectivity index (χ2n) is 15.0. The van der Waals surface area contributed by atoms with Gasteiger partial charge in [0.1, 0.15) is 17.6 Å². The quantitative estimate of drug-likeness (QED) is 0.256. The van der Waals surface area contributed by atoms with E-state index < -0.39 is 6.10 Å². The third-order valence-electron chi connectivity index (χ3n) is 12.6. The molecule has 0 amide bonds. The summed E-state index contributed by atoms with van der Waals surface area (Å²) in [6.45, 7) is 16.4. The third kappa shape index (κ3) is 5.11. The average molecular weight is 529 g/mol. The number of furan rings is 1. The molecule has 1 aromatic heterocycles. The summed E-state index contributed by atoms with van der Waals surface area (Å²) in [6.07, 6.45) is 16.3. The number of ether oxygens (including phenoxy) is 1. The van der Waals surface area contributed by atoms with Crippen molar-refractivity contribution < 1.29 is 19.3 Å². The van der Waals surface area contributed by atoms with Crippen molar-refractivity contribution in [3.05, 3.63) is 17.6 Å². The maximum Gasteiger partial charge on any atom is 0.161 e. The Morgan fingerprint density at radius 1 is 0.947 bits per heavy atom. The van der Waals surface area contributed by atoms with Crippen LogP contribution in [0.5, 0.6) is 5.75 Å². The minimum atomic E-state index is -0.480. The molecule has 38 heavy (non-hydrogen) atoms. The van der Waals surface area contributed by atoms with Crippen molar-refractivity contribution in [1.29, 1.82) is 0 Å². The molecule has 4 aliphatic rings. The number of hydrogen-bond donors (Lipinski definition) is 1. The fraction of sp³-hybridized carbons (Fsp3) is 0.882. The molecule has 5 rings (SSSR count). The standard InChI is InChI=1S/C34H56O4/c1-21(2)9-8-10-22(3)28-13-14-29-27-12-11-25-19-26(37-31-20-32(24(5)38-35)36-23(31)4)15-17-33(25,6)30(27)16-18-34(28,29)7/h20-22,24-30,35H,8-19H2,1-7H3/t22-,24?,25+,26+,27+,28-,29+,30+,33+,34-/m1/s1. The molecule has 4 heteroatoms. The van der Waals surface area contributed by atoms with Gasteiger partial charge >= 0.3 is 0 Å². The second-order valence-corrected chi connectivity index (χ2v) is 15.0. The van der Waals surface area contributed by atoms with E-state index in [0.29, 0.717) is 16.6 Å². The highest BCUT2D eigenvalue weighted by Gasteiger charge is 2.60. The topological polar surface area (TPSA) is 51.8 Å². The van der Waals surface area contributed by atoms with Crippen LogP contribution in [-0.4, -0.2) is 11.4 Å². The number of aryl methyl sites for hydroxylation is 1. The van der Waals surface area contributed by atoms with E-state index in [1.54, 1.807) is 6.92 Å². The van der Waals surface area contributed by atoms with Crippen LogP contribution in [0.4, 0.5) is 0 Å². The monoisotopic (exact) mass is 528 g/mol. The summed E-state index contributed by atoms with van der Waals surface area (Å²) in [4.78, 5) is 4.46. The Morgan fingerprint density at radius 3 is 2.42 bits per heavy atom. The highest BCUT2D eigenvalue weighted by molar-refractivity contribution is 5.29. The Kier molecular flexibility index (Phi) is 8.34. The normalized spacial score (nSPS) is 40.3. The second kappa shape index (κ2) is 11.1. The molecule has 0 saturated heterocycles. The van der Waals surface area contributed by atoms with Gasteiger partial charge in [0, 0.05) is 6.07 Å². The van der Waals surface area contributed by atoms with Crippen molar-refractivity contribution in [2.75, 3.05) is 0 Å². The molecule has 4 nitrogen and oxygen atoms in total. The van der Waals surface area contributed by atoms with Gasteiger partial charge in [0.15, 0.2) is 5.75 Å². The summed E-state index contributed by atoms with van der Waals surface area (Å²) in [5, 5.41) is 9.03. The zero-order valence-corrected chi connectivity index (χ0v) is 25.4. The highest BCUT2D eigenvalue weighted by atomic mass is 17.1. The van der Waals surface area contributed by atoms with Crippen LogP contribution in [0, 0.1) is 59.2 Å². The zero-order valence-electron chi connectivity index (χ0n) is 25.4. The van der Waals surface area contributed by atoms with Crippen molar-refractivity contribution in [2.45, 2.75) is 138 Å². The van der Waals surface area contributed by atoms with E-state index in [1.807, 2.05) is 13.0 Å². The molecule has 1 aromatic rings. The lowest BCUT2D eigenvalue weighted by Crippen LogP contribution is -2.54. The lowest BCUT2D eigenvalue weighted by Gasteiger charge is -2.61. The van der Waals surface area contributed by atoms with Crippen molar-refractivity contribution in [3.63, 3.8) is 0 Å². The van der Waals surface area contributed by atoms with Crippen LogP contribution >= 0.6 is 0 Å². The summed E-state index contributed by atoms with van der Waals surface area (Å²) >= 11 is 0. The predicted molar refractivity (Wildman–Crippen MR) is 153 cm³/mol. The van der Waals surface area contributed by atoms with Crippen molar-refractivity contribution in [1.82, 2.24) is 0 Å². The van der Waals surface area contributed by atoms with Crippen LogP contribution in [0.15, 0.2) is 10.5 Å². The van der Waals surface area contributed by atoms with Crippen LogP contribution in [0.2, 0.25) is 0 Å².